The smallest absolute Gasteiger partial charge is 0.0991 e. The van der Waals surface area contributed by atoms with Crippen LogP contribution in [-0.2, 0) is 0 Å². The van der Waals surface area contributed by atoms with Crippen LogP contribution in [0.5, 0.6) is 0 Å². The van der Waals surface area contributed by atoms with Gasteiger partial charge < -0.3 is 9.13 Å². The molecule has 0 spiro atoms. The van der Waals surface area contributed by atoms with Gasteiger partial charge in [-0.3, -0.25) is 0 Å². The van der Waals surface area contributed by atoms with Crippen LogP contribution in [0, 0.1) is 34.0 Å². The Morgan fingerprint density at radius 2 is 0.780 bits per heavy atom. The summed E-state index contributed by atoms with van der Waals surface area (Å²) in [5.74, 6) is 0. The number of nitriles is 3. The van der Waals surface area contributed by atoms with Gasteiger partial charge in [-0.2, -0.15) is 15.8 Å². The molecule has 0 bridgehead atoms. The zero-order valence-corrected chi connectivity index (χ0v) is 26.7. The Morgan fingerprint density at radius 1 is 0.320 bits per heavy atom. The first kappa shape index (κ1) is 28.8. The summed E-state index contributed by atoms with van der Waals surface area (Å²) >= 11 is 0. The predicted molar refractivity (Wildman–Crippen MR) is 200 cm³/mol. The molecule has 7 aromatic carbocycles. The van der Waals surface area contributed by atoms with Crippen LogP contribution in [0.15, 0.2) is 152 Å². The van der Waals surface area contributed by atoms with Crippen molar-refractivity contribution in [2.75, 3.05) is 0 Å². The summed E-state index contributed by atoms with van der Waals surface area (Å²) in [6.07, 6.45) is 0. The summed E-state index contributed by atoms with van der Waals surface area (Å²) in [5, 5.41) is 33.3. The molecule has 0 fully saturated rings. The molecule has 50 heavy (non-hydrogen) atoms. The van der Waals surface area contributed by atoms with Crippen LogP contribution in [0.4, 0.5) is 0 Å². The SMILES string of the molecule is N#Cc1cccc(-c2cc(-c3cccc(-n4c5ccccc5c5cc(C#N)ccc54)c3)cc(-n3c4ccccc4c4cc(C#N)ccc43)c2)c1. The van der Waals surface area contributed by atoms with Gasteiger partial charge in [0.2, 0.25) is 0 Å². The maximum Gasteiger partial charge on any atom is 0.0991 e. The van der Waals surface area contributed by atoms with E-state index in [-0.39, 0.29) is 0 Å². The molecule has 5 heteroatoms. The Morgan fingerprint density at radius 3 is 1.36 bits per heavy atom. The average Bonchev–Trinajstić information content (AvgIpc) is 3.70. The molecule has 230 valence electrons. The monoisotopic (exact) mass is 635 g/mol. The van der Waals surface area contributed by atoms with E-state index in [1.165, 1.54) is 0 Å². The van der Waals surface area contributed by atoms with E-state index in [9.17, 15) is 15.8 Å². The van der Waals surface area contributed by atoms with Crippen molar-refractivity contribution in [3.05, 3.63) is 168 Å². The molecular weight excluding hydrogens is 611 g/mol. The molecule has 0 aliphatic heterocycles. The van der Waals surface area contributed by atoms with E-state index in [1.807, 2.05) is 84.9 Å². The normalized spacial score (nSPS) is 11.1. The molecule has 2 heterocycles. The van der Waals surface area contributed by atoms with Gasteiger partial charge in [-0.05, 0) is 113 Å². The maximum absolute atomic E-state index is 9.73. The number of para-hydroxylation sites is 2. The van der Waals surface area contributed by atoms with Crippen molar-refractivity contribution in [1.29, 1.82) is 15.8 Å². The van der Waals surface area contributed by atoms with Gasteiger partial charge >= 0.3 is 0 Å². The molecule has 0 radical (unpaired) electrons. The minimum absolute atomic E-state index is 0.600. The Bertz CT molecular complexity index is 2970. The second kappa shape index (κ2) is 11.4. The van der Waals surface area contributed by atoms with E-state index in [0.717, 1.165) is 77.2 Å². The fraction of sp³-hybridized carbons (Fsp3) is 0. The Kier molecular flexibility index (Phi) is 6.56. The van der Waals surface area contributed by atoms with Gasteiger partial charge in [-0.1, -0.05) is 60.7 Å². The van der Waals surface area contributed by atoms with Crippen LogP contribution in [0.2, 0.25) is 0 Å². The third kappa shape index (κ3) is 4.53. The third-order valence-corrected chi connectivity index (χ3v) is 9.54. The van der Waals surface area contributed by atoms with Crippen LogP contribution in [0.1, 0.15) is 16.7 Å². The van der Waals surface area contributed by atoms with Crippen molar-refractivity contribution in [2.45, 2.75) is 0 Å². The minimum Gasteiger partial charge on any atom is -0.309 e. The lowest BCUT2D eigenvalue weighted by atomic mass is 9.96. The lowest BCUT2D eigenvalue weighted by Gasteiger charge is -2.15. The number of hydrogen-bond acceptors (Lipinski definition) is 3. The molecule has 5 nitrogen and oxygen atoms in total. The molecule has 9 aromatic rings. The first-order valence-corrected chi connectivity index (χ1v) is 16.3. The van der Waals surface area contributed by atoms with Crippen LogP contribution in [0.25, 0.3) is 77.2 Å². The van der Waals surface area contributed by atoms with Crippen LogP contribution in [-0.4, -0.2) is 9.13 Å². The standard InChI is InChI=1S/C45H25N5/c46-26-29-7-5-8-32(19-29)34-22-35(25-37(24-34)50-43-14-4-2-12-39(43)41-21-31(28-48)16-18-45(41)50)33-9-6-10-36(23-33)49-42-13-3-1-11-38(42)40-20-30(27-47)15-17-44(40)49/h1-25H. The highest BCUT2D eigenvalue weighted by molar-refractivity contribution is 6.11. The van der Waals surface area contributed by atoms with E-state index in [2.05, 4.69) is 94.1 Å². The van der Waals surface area contributed by atoms with Gasteiger partial charge in [0.05, 0.1) is 57.0 Å². The summed E-state index contributed by atoms with van der Waals surface area (Å²) in [6, 6.07) is 58.0. The number of fused-ring (bicyclic) bond motifs is 6. The highest BCUT2D eigenvalue weighted by Gasteiger charge is 2.17. The first-order chi connectivity index (χ1) is 24.6. The maximum atomic E-state index is 9.73. The van der Waals surface area contributed by atoms with Crippen molar-refractivity contribution in [2.24, 2.45) is 0 Å². The van der Waals surface area contributed by atoms with Gasteiger partial charge in [0.1, 0.15) is 0 Å². The fourth-order valence-electron chi connectivity index (χ4n) is 7.31. The van der Waals surface area contributed by atoms with E-state index in [4.69, 9.17) is 0 Å². The van der Waals surface area contributed by atoms with Gasteiger partial charge in [0, 0.05) is 32.9 Å². The highest BCUT2D eigenvalue weighted by Crippen LogP contribution is 2.38. The summed E-state index contributed by atoms with van der Waals surface area (Å²) in [4.78, 5) is 0. The summed E-state index contributed by atoms with van der Waals surface area (Å²) in [6.45, 7) is 0. The Balaban J connectivity index is 1.30. The summed E-state index contributed by atoms with van der Waals surface area (Å²) in [7, 11) is 0. The van der Waals surface area contributed by atoms with Gasteiger partial charge in [0.15, 0.2) is 0 Å². The molecule has 0 N–H and O–H groups in total. The lowest BCUT2D eigenvalue weighted by Crippen LogP contribution is -1.97. The second-order valence-electron chi connectivity index (χ2n) is 12.4. The Labute approximate surface area is 287 Å². The van der Waals surface area contributed by atoms with E-state index >= 15 is 0 Å². The first-order valence-electron chi connectivity index (χ1n) is 16.3. The zero-order valence-electron chi connectivity index (χ0n) is 26.7. The molecule has 0 aliphatic carbocycles. The molecule has 9 rings (SSSR count). The lowest BCUT2D eigenvalue weighted by molar-refractivity contribution is 1.17. The molecule has 2 aromatic heterocycles. The number of hydrogen-bond donors (Lipinski definition) is 0. The van der Waals surface area contributed by atoms with Crippen molar-refractivity contribution in [3.63, 3.8) is 0 Å². The fourth-order valence-corrected chi connectivity index (χ4v) is 7.31. The van der Waals surface area contributed by atoms with Gasteiger partial charge in [-0.25, -0.2) is 0 Å². The van der Waals surface area contributed by atoms with Crippen molar-refractivity contribution in [3.8, 4) is 51.8 Å². The van der Waals surface area contributed by atoms with Crippen LogP contribution >= 0.6 is 0 Å². The van der Waals surface area contributed by atoms with Gasteiger partial charge in [-0.15, -0.1) is 0 Å². The molecule has 0 saturated heterocycles. The van der Waals surface area contributed by atoms with Crippen molar-refractivity contribution < 1.29 is 0 Å². The quantitative estimate of drug-likeness (QED) is 0.193. The highest BCUT2D eigenvalue weighted by atomic mass is 15.0. The van der Waals surface area contributed by atoms with E-state index < -0.39 is 0 Å². The summed E-state index contributed by atoms with van der Waals surface area (Å²) < 4.78 is 4.52. The number of rotatable bonds is 4. The topological polar surface area (TPSA) is 81.2 Å². The van der Waals surface area contributed by atoms with Crippen LogP contribution in [0.3, 0.4) is 0 Å². The van der Waals surface area contributed by atoms with Crippen molar-refractivity contribution >= 4 is 43.6 Å². The molecular formula is C45H25N5. The minimum atomic E-state index is 0.600. The third-order valence-electron chi connectivity index (χ3n) is 9.54. The van der Waals surface area contributed by atoms with E-state index in [0.29, 0.717) is 16.7 Å². The average molecular weight is 636 g/mol. The van der Waals surface area contributed by atoms with Crippen LogP contribution < -0.4 is 0 Å². The molecule has 0 unspecified atom stereocenters. The summed E-state index contributed by atoms with van der Waals surface area (Å²) in [5.41, 5.74) is 12.0. The molecule has 0 saturated carbocycles. The molecule has 0 amide bonds. The van der Waals surface area contributed by atoms with Crippen molar-refractivity contribution in [1.82, 2.24) is 9.13 Å². The number of aromatic nitrogens is 2. The largest absolute Gasteiger partial charge is 0.309 e. The predicted octanol–water partition coefficient (Wildman–Crippen LogP) is 10.8. The molecule has 0 aliphatic rings. The van der Waals surface area contributed by atoms with E-state index in [1.54, 1.807) is 0 Å². The Hall–Kier alpha value is -7.39. The number of benzene rings is 7. The molecule has 0 atom stereocenters. The zero-order chi connectivity index (χ0) is 33.8. The second-order valence-corrected chi connectivity index (χ2v) is 12.4. The number of nitrogens with zero attached hydrogens (tertiary/aromatic N) is 5. The van der Waals surface area contributed by atoms with Gasteiger partial charge in [0.25, 0.3) is 0 Å².